The Morgan fingerprint density at radius 3 is 2.05 bits per heavy atom. The summed E-state index contributed by atoms with van der Waals surface area (Å²) in [6, 6.07) is 0. The highest BCUT2D eigenvalue weighted by molar-refractivity contribution is 5.70. The van der Waals surface area contributed by atoms with Crippen molar-refractivity contribution in [3.8, 4) is 0 Å². The molecule has 0 spiro atoms. The number of allylic oxidation sites excluding steroid dienone is 2. The van der Waals surface area contributed by atoms with Gasteiger partial charge in [-0.1, -0.05) is 24.6 Å². The van der Waals surface area contributed by atoms with Crippen molar-refractivity contribution in [2.45, 2.75) is 26.4 Å². The molecule has 0 unspecified atom stereocenters. The van der Waals surface area contributed by atoms with Gasteiger partial charge in [0.15, 0.2) is 23.3 Å². The minimum Gasteiger partial charge on any atom is -0.391 e. The second-order valence-electron chi connectivity index (χ2n) is 3.79. The molecule has 0 bridgehead atoms. The maximum atomic E-state index is 13.2. The second-order valence-corrected chi connectivity index (χ2v) is 3.79. The van der Waals surface area contributed by atoms with Crippen LogP contribution >= 0.6 is 0 Å². The molecule has 0 amide bonds. The Balaban J connectivity index is 2.74. The lowest BCUT2D eigenvalue weighted by Gasteiger charge is -2.06. The van der Waals surface area contributed by atoms with Crippen LogP contribution in [0.2, 0.25) is 0 Å². The molecule has 0 aliphatic heterocycles. The van der Waals surface area contributed by atoms with Gasteiger partial charge in [0, 0.05) is 0 Å². The van der Waals surface area contributed by atoms with Crippen LogP contribution in [0.15, 0.2) is 17.3 Å². The predicted molar refractivity (Wildman–Crippen MR) is 63.6 cm³/mol. The third-order valence-corrected chi connectivity index (χ3v) is 2.32. The van der Waals surface area contributed by atoms with Gasteiger partial charge in [-0.2, -0.15) is 0 Å². The summed E-state index contributed by atoms with van der Waals surface area (Å²) < 4.78 is 64.9. The molecule has 110 valence electrons. The largest absolute Gasteiger partial charge is 0.391 e. The summed E-state index contributed by atoms with van der Waals surface area (Å²) in [5.74, 6) is -10.0. The van der Waals surface area contributed by atoms with Crippen molar-refractivity contribution >= 4 is 6.21 Å². The fourth-order valence-electron chi connectivity index (χ4n) is 1.28. The molecule has 2 nitrogen and oxygen atoms in total. The quantitative estimate of drug-likeness (QED) is 0.253. The maximum Gasteiger partial charge on any atom is 0.200 e. The highest BCUT2D eigenvalue weighted by Crippen LogP contribution is 2.23. The van der Waals surface area contributed by atoms with Crippen molar-refractivity contribution in [2.24, 2.45) is 5.16 Å². The lowest BCUT2D eigenvalue weighted by atomic mass is 10.2. The van der Waals surface area contributed by atoms with E-state index in [1.807, 2.05) is 6.92 Å². The summed E-state index contributed by atoms with van der Waals surface area (Å²) in [5.41, 5.74) is -1.06. The number of unbranched alkanes of at least 4 members (excludes halogenated alkanes) is 1. The van der Waals surface area contributed by atoms with Crippen LogP contribution in [0.1, 0.15) is 25.3 Å². The normalized spacial score (nSPS) is 11.7. The molecule has 0 fully saturated rings. The van der Waals surface area contributed by atoms with Gasteiger partial charge in [-0.15, -0.1) is 0 Å². The van der Waals surface area contributed by atoms with E-state index in [0.717, 1.165) is 12.8 Å². The van der Waals surface area contributed by atoms with E-state index in [2.05, 4.69) is 9.99 Å². The Hall–Kier alpha value is -1.92. The number of halogens is 5. The molecule has 0 atom stereocenters. The smallest absolute Gasteiger partial charge is 0.200 e. The predicted octanol–water partition coefficient (Wildman–Crippen LogP) is 4.24. The molecule has 0 saturated heterocycles. The minimum absolute atomic E-state index is 0.823. The molecule has 0 radical (unpaired) electrons. The molecule has 0 heterocycles. The van der Waals surface area contributed by atoms with Crippen molar-refractivity contribution in [1.29, 1.82) is 0 Å². The summed E-state index contributed by atoms with van der Waals surface area (Å²) in [7, 11) is 0. The highest BCUT2D eigenvalue weighted by atomic mass is 19.2. The number of nitrogens with zero attached hydrogens (tertiary/aromatic N) is 1. The molecule has 1 rings (SSSR count). The van der Waals surface area contributed by atoms with Crippen LogP contribution in [-0.4, -0.2) is 6.21 Å². The second kappa shape index (κ2) is 7.62. The summed E-state index contributed by atoms with van der Waals surface area (Å²) >= 11 is 0. The van der Waals surface area contributed by atoms with Crippen molar-refractivity contribution in [3.63, 3.8) is 0 Å². The van der Waals surface area contributed by atoms with Crippen LogP contribution in [0.5, 0.6) is 0 Å². The van der Waals surface area contributed by atoms with Crippen molar-refractivity contribution in [3.05, 3.63) is 46.8 Å². The van der Waals surface area contributed by atoms with Crippen LogP contribution in [0.3, 0.4) is 0 Å². The zero-order valence-electron chi connectivity index (χ0n) is 10.6. The van der Waals surface area contributed by atoms with E-state index in [-0.39, 0.29) is 0 Å². The Morgan fingerprint density at radius 2 is 1.50 bits per heavy atom. The number of rotatable bonds is 6. The molecule has 1 aromatic carbocycles. The SMILES string of the molecule is CCC/C=C/C=N/OCc1c(F)c(F)c(F)c(F)c1F. The first kappa shape index (κ1) is 16.1. The van der Waals surface area contributed by atoms with Gasteiger partial charge in [-0.05, 0) is 12.5 Å². The zero-order valence-corrected chi connectivity index (χ0v) is 10.6. The van der Waals surface area contributed by atoms with E-state index in [0.29, 0.717) is 0 Å². The van der Waals surface area contributed by atoms with Crippen LogP contribution in [0.25, 0.3) is 0 Å². The summed E-state index contributed by atoms with van der Waals surface area (Å²) in [4.78, 5) is 4.49. The first-order chi connectivity index (χ1) is 9.50. The first-order valence-corrected chi connectivity index (χ1v) is 5.81. The fraction of sp³-hybridized carbons (Fsp3) is 0.308. The summed E-state index contributed by atoms with van der Waals surface area (Å²) in [6.45, 7) is 1.12. The summed E-state index contributed by atoms with van der Waals surface area (Å²) in [5, 5.41) is 3.32. The first-order valence-electron chi connectivity index (χ1n) is 5.81. The number of benzene rings is 1. The molecule has 1 aromatic rings. The molecule has 7 heteroatoms. The van der Waals surface area contributed by atoms with Gasteiger partial charge in [0.2, 0.25) is 5.82 Å². The minimum atomic E-state index is -2.20. The molecule has 0 aliphatic carbocycles. The summed E-state index contributed by atoms with van der Waals surface area (Å²) in [6.07, 6.45) is 6.30. The maximum absolute atomic E-state index is 13.2. The van der Waals surface area contributed by atoms with Crippen LogP contribution in [0, 0.1) is 29.1 Å². The zero-order chi connectivity index (χ0) is 15.1. The van der Waals surface area contributed by atoms with Gasteiger partial charge in [-0.25, -0.2) is 22.0 Å². The van der Waals surface area contributed by atoms with E-state index < -0.39 is 41.3 Å². The van der Waals surface area contributed by atoms with E-state index in [4.69, 9.17) is 0 Å². The van der Waals surface area contributed by atoms with Crippen molar-refractivity contribution in [2.75, 3.05) is 0 Å². The molecular formula is C13H12F5NO. The molecule has 0 saturated carbocycles. The fourth-order valence-corrected chi connectivity index (χ4v) is 1.28. The van der Waals surface area contributed by atoms with Gasteiger partial charge in [0.1, 0.15) is 6.61 Å². The lowest BCUT2D eigenvalue weighted by molar-refractivity contribution is 0.124. The number of hydrogen-bond acceptors (Lipinski definition) is 2. The third kappa shape index (κ3) is 3.79. The Bertz CT molecular complexity index is 499. The van der Waals surface area contributed by atoms with E-state index in [1.54, 1.807) is 12.2 Å². The van der Waals surface area contributed by atoms with Crippen molar-refractivity contribution < 1.29 is 26.8 Å². The average molecular weight is 293 g/mol. The standard InChI is InChI=1S/C13H12F5NO/c1-2-3-4-5-6-19-20-7-8-9(14)11(16)13(18)12(17)10(8)15/h4-6H,2-3,7H2,1H3/b5-4+,19-6+. The topological polar surface area (TPSA) is 21.6 Å². The van der Waals surface area contributed by atoms with Crippen molar-refractivity contribution in [1.82, 2.24) is 0 Å². The van der Waals surface area contributed by atoms with Crippen LogP contribution in [-0.2, 0) is 11.4 Å². The van der Waals surface area contributed by atoms with E-state index in [1.165, 1.54) is 6.21 Å². The highest BCUT2D eigenvalue weighted by Gasteiger charge is 2.25. The Labute approximate surface area is 112 Å². The lowest BCUT2D eigenvalue weighted by Crippen LogP contribution is -2.07. The average Bonchev–Trinajstić information content (AvgIpc) is 2.45. The monoisotopic (exact) mass is 293 g/mol. The molecule has 0 aromatic heterocycles. The van der Waals surface area contributed by atoms with Gasteiger partial charge < -0.3 is 4.84 Å². The van der Waals surface area contributed by atoms with E-state index in [9.17, 15) is 22.0 Å². The number of oxime groups is 1. The van der Waals surface area contributed by atoms with Gasteiger partial charge >= 0.3 is 0 Å². The van der Waals surface area contributed by atoms with Gasteiger partial charge in [0.25, 0.3) is 0 Å². The Kier molecular flexibility index (Phi) is 6.14. The van der Waals surface area contributed by atoms with Crippen LogP contribution < -0.4 is 0 Å². The number of hydrogen-bond donors (Lipinski definition) is 0. The van der Waals surface area contributed by atoms with Gasteiger partial charge in [0.05, 0.1) is 11.8 Å². The van der Waals surface area contributed by atoms with Gasteiger partial charge in [-0.3, -0.25) is 0 Å². The molecular weight excluding hydrogens is 281 g/mol. The Morgan fingerprint density at radius 1 is 0.950 bits per heavy atom. The molecule has 0 N–H and O–H groups in total. The molecule has 0 aliphatic rings. The molecule has 20 heavy (non-hydrogen) atoms. The third-order valence-electron chi connectivity index (χ3n) is 2.32. The van der Waals surface area contributed by atoms with E-state index >= 15 is 0 Å². The van der Waals surface area contributed by atoms with Crippen LogP contribution in [0.4, 0.5) is 22.0 Å².